The minimum absolute atomic E-state index is 0.0312. The zero-order chi connectivity index (χ0) is 35.3. The normalized spacial score (nSPS) is 15.8. The number of halogens is 5. The summed E-state index contributed by atoms with van der Waals surface area (Å²) in [5.41, 5.74) is -3.37. The van der Waals surface area contributed by atoms with Crippen molar-refractivity contribution in [3.63, 3.8) is 0 Å². The van der Waals surface area contributed by atoms with Gasteiger partial charge < -0.3 is 18.8 Å². The third-order valence-corrected chi connectivity index (χ3v) is 10.1. The minimum Gasteiger partial charge on any atom is -0.440 e. The maximum Gasteiger partial charge on any atom is 0.534 e. The van der Waals surface area contributed by atoms with Crippen molar-refractivity contribution < 1.29 is 35.0 Å². The maximum atomic E-state index is 13.7. The lowest BCUT2D eigenvalue weighted by molar-refractivity contribution is -0.0500. The zero-order valence-electron chi connectivity index (χ0n) is 26.6. The van der Waals surface area contributed by atoms with E-state index in [1.165, 1.54) is 12.1 Å². The van der Waals surface area contributed by atoms with Crippen LogP contribution in [0, 0.1) is 19.3 Å². The number of alkyl halides is 3. The molecule has 0 spiro atoms. The summed E-state index contributed by atoms with van der Waals surface area (Å²) in [6, 6.07) is 8.30. The Kier molecular flexibility index (Phi) is 9.54. The Morgan fingerprint density at radius 1 is 1.10 bits per heavy atom. The molecule has 1 aliphatic heterocycles. The first-order valence-electron chi connectivity index (χ1n) is 14.9. The predicted octanol–water partition coefficient (Wildman–Crippen LogP) is 8.62. The summed E-state index contributed by atoms with van der Waals surface area (Å²) in [6.45, 7) is 11.4. The number of aryl methyl sites for hydroxylation is 1. The lowest BCUT2D eigenvalue weighted by Gasteiger charge is -2.37. The number of hydrogen-bond acceptors (Lipinski definition) is 9. The number of nitrogens with zero attached hydrogens (tertiary/aromatic N) is 2. The Bertz CT molecular complexity index is 2090. The fourth-order valence-electron chi connectivity index (χ4n) is 5.67. The van der Waals surface area contributed by atoms with E-state index in [4.69, 9.17) is 27.6 Å². The predicted molar refractivity (Wildman–Crippen MR) is 180 cm³/mol. The third-order valence-electron chi connectivity index (χ3n) is 8.47. The molecule has 1 atom stereocenters. The quantitative estimate of drug-likeness (QED) is 0.0824. The zero-order valence-corrected chi connectivity index (χ0v) is 28.9. The number of piperidine rings is 1. The molecule has 4 aromatic rings. The Balaban J connectivity index is 1.57. The molecule has 2 aromatic heterocycles. The van der Waals surface area contributed by atoms with Gasteiger partial charge in [-0.15, -0.1) is 0 Å². The second kappa shape index (κ2) is 12.9. The molecule has 256 valence electrons. The van der Waals surface area contributed by atoms with Crippen LogP contribution in [0.5, 0.6) is 5.75 Å². The van der Waals surface area contributed by atoms with Gasteiger partial charge in [0, 0.05) is 24.2 Å². The van der Waals surface area contributed by atoms with E-state index in [2.05, 4.69) is 33.2 Å². The fourth-order valence-corrected chi connectivity index (χ4v) is 6.58. The first-order chi connectivity index (χ1) is 22.3. The van der Waals surface area contributed by atoms with Crippen molar-refractivity contribution in [3.8, 4) is 17.0 Å². The van der Waals surface area contributed by atoms with E-state index in [9.17, 15) is 31.2 Å². The molecule has 5 rings (SSSR count). The SMILES string of the molecule is Cc1cc([C@@H](C)Nc2ccc(Cl)nc2-c2ccc(OS(=O)(=O)C(F)(F)F)c(C=O)c2Cl)c2oc(N3CCC(C)(C)CC3)c(C)c(=O)c2c1. The highest BCUT2D eigenvalue weighted by Gasteiger charge is 2.49. The summed E-state index contributed by atoms with van der Waals surface area (Å²) in [5, 5.41) is 3.38. The summed E-state index contributed by atoms with van der Waals surface area (Å²) in [4.78, 5) is 32.0. The van der Waals surface area contributed by atoms with E-state index in [0.29, 0.717) is 33.7 Å². The van der Waals surface area contributed by atoms with Crippen LogP contribution in [-0.2, 0) is 10.1 Å². The van der Waals surface area contributed by atoms with Gasteiger partial charge >= 0.3 is 15.6 Å². The number of carbonyl (C=O) groups is 1. The van der Waals surface area contributed by atoms with Crippen molar-refractivity contribution in [2.75, 3.05) is 23.3 Å². The van der Waals surface area contributed by atoms with Crippen LogP contribution in [0.25, 0.3) is 22.2 Å². The largest absolute Gasteiger partial charge is 0.534 e. The van der Waals surface area contributed by atoms with E-state index in [0.717, 1.165) is 37.6 Å². The second-order valence-electron chi connectivity index (χ2n) is 12.6. The van der Waals surface area contributed by atoms with Crippen molar-refractivity contribution in [2.45, 2.75) is 59.0 Å². The number of carbonyl (C=O) groups excluding carboxylic acids is 1. The molecule has 48 heavy (non-hydrogen) atoms. The Morgan fingerprint density at radius 3 is 2.40 bits per heavy atom. The third kappa shape index (κ3) is 6.85. The van der Waals surface area contributed by atoms with Crippen molar-refractivity contribution in [1.82, 2.24) is 4.98 Å². The number of fused-ring (bicyclic) bond motifs is 1. The van der Waals surface area contributed by atoms with Crippen LogP contribution in [0.15, 0.2) is 45.6 Å². The molecular formula is C33H32Cl2F3N3O6S. The van der Waals surface area contributed by atoms with E-state index in [1.807, 2.05) is 19.9 Å². The molecule has 15 heteroatoms. The molecule has 0 amide bonds. The fraction of sp³-hybridized carbons (Fsp3) is 0.364. The number of anilines is 2. The first-order valence-corrected chi connectivity index (χ1v) is 17.0. The van der Waals surface area contributed by atoms with Gasteiger partial charge in [0.1, 0.15) is 10.7 Å². The van der Waals surface area contributed by atoms with Gasteiger partial charge in [0.25, 0.3) is 0 Å². The lowest BCUT2D eigenvalue weighted by atomic mass is 9.82. The number of pyridine rings is 1. The molecule has 1 aliphatic rings. The molecule has 0 bridgehead atoms. The highest BCUT2D eigenvalue weighted by atomic mass is 35.5. The number of benzene rings is 2. The van der Waals surface area contributed by atoms with Crippen LogP contribution in [0.4, 0.5) is 24.7 Å². The topological polar surface area (TPSA) is 119 Å². The van der Waals surface area contributed by atoms with Crippen LogP contribution >= 0.6 is 23.2 Å². The van der Waals surface area contributed by atoms with Gasteiger partial charge in [-0.05, 0) is 74.9 Å². The van der Waals surface area contributed by atoms with Crippen molar-refractivity contribution in [2.24, 2.45) is 5.41 Å². The Hall–Kier alpha value is -3.81. The first kappa shape index (κ1) is 35.5. The summed E-state index contributed by atoms with van der Waals surface area (Å²) in [7, 11) is -6.08. The van der Waals surface area contributed by atoms with Gasteiger partial charge in [0.05, 0.1) is 39.0 Å². The van der Waals surface area contributed by atoms with Crippen molar-refractivity contribution in [1.29, 1.82) is 0 Å². The number of aldehydes is 1. The summed E-state index contributed by atoms with van der Waals surface area (Å²) < 4.78 is 72.9. The number of hydrogen-bond donors (Lipinski definition) is 1. The van der Waals surface area contributed by atoms with E-state index < -0.39 is 38.0 Å². The van der Waals surface area contributed by atoms with E-state index in [1.54, 1.807) is 19.1 Å². The van der Waals surface area contributed by atoms with Gasteiger partial charge in [-0.3, -0.25) is 9.59 Å². The second-order valence-corrected chi connectivity index (χ2v) is 14.9. The minimum atomic E-state index is -6.08. The number of aromatic nitrogens is 1. The Labute approximate surface area is 285 Å². The molecule has 1 fully saturated rings. The molecule has 0 aliphatic carbocycles. The maximum absolute atomic E-state index is 13.7. The van der Waals surface area contributed by atoms with Gasteiger partial charge in [-0.25, -0.2) is 4.98 Å². The van der Waals surface area contributed by atoms with Gasteiger partial charge in [0.2, 0.25) is 5.88 Å². The average Bonchev–Trinajstić information content (AvgIpc) is 2.99. The highest BCUT2D eigenvalue weighted by molar-refractivity contribution is 7.88. The molecule has 0 unspecified atom stereocenters. The smallest absolute Gasteiger partial charge is 0.440 e. The van der Waals surface area contributed by atoms with Crippen LogP contribution in [0.1, 0.15) is 66.7 Å². The van der Waals surface area contributed by atoms with E-state index in [-0.39, 0.29) is 33.5 Å². The van der Waals surface area contributed by atoms with Crippen LogP contribution in [0.3, 0.4) is 0 Å². The summed E-state index contributed by atoms with van der Waals surface area (Å²) >= 11 is 12.7. The van der Waals surface area contributed by atoms with Crippen LogP contribution < -0.4 is 19.8 Å². The number of nitrogens with one attached hydrogen (secondary N) is 1. The highest BCUT2D eigenvalue weighted by Crippen LogP contribution is 2.41. The van der Waals surface area contributed by atoms with Crippen LogP contribution in [0.2, 0.25) is 10.2 Å². The lowest BCUT2D eigenvalue weighted by Crippen LogP contribution is -2.38. The molecular weight excluding hydrogens is 694 g/mol. The summed E-state index contributed by atoms with van der Waals surface area (Å²) in [5.74, 6) is -0.386. The molecule has 2 aromatic carbocycles. The molecule has 9 nitrogen and oxygen atoms in total. The molecule has 3 heterocycles. The van der Waals surface area contributed by atoms with Gasteiger partial charge in [0.15, 0.2) is 17.5 Å². The number of rotatable bonds is 8. The van der Waals surface area contributed by atoms with Crippen LogP contribution in [-0.4, -0.2) is 38.3 Å². The average molecular weight is 727 g/mol. The molecule has 0 radical (unpaired) electrons. The van der Waals surface area contributed by atoms with Gasteiger partial charge in [-0.1, -0.05) is 43.1 Å². The Morgan fingerprint density at radius 2 is 1.77 bits per heavy atom. The van der Waals surface area contributed by atoms with Crippen molar-refractivity contribution >= 4 is 62.1 Å². The summed E-state index contributed by atoms with van der Waals surface area (Å²) in [6.07, 6.45) is 1.97. The standard InChI is InChI=1S/C33H32Cl2F3N3O6S/c1-17-14-21(30-22(15-17)29(43)18(2)31(46-30)41-12-10-32(4,5)11-13-41)19(3)39-24-7-9-26(34)40-28(24)20-6-8-25(23(16-42)27(20)35)47-48(44,45)33(36,37)38/h6-9,14-16,19,39H,10-13H2,1-5H3/t19-/m1/s1. The molecule has 1 saturated heterocycles. The molecule has 0 saturated carbocycles. The molecule has 1 N–H and O–H groups in total. The monoisotopic (exact) mass is 725 g/mol. The van der Waals surface area contributed by atoms with Crippen molar-refractivity contribution in [3.05, 3.63) is 79.1 Å². The van der Waals surface area contributed by atoms with E-state index >= 15 is 0 Å². The van der Waals surface area contributed by atoms with Gasteiger partial charge in [-0.2, -0.15) is 21.6 Å².